The van der Waals surface area contributed by atoms with E-state index in [1.165, 1.54) is 0 Å². The molecule has 0 fully saturated rings. The summed E-state index contributed by atoms with van der Waals surface area (Å²) in [5.41, 5.74) is 4.35. The molecule has 148 valence electrons. The maximum atomic E-state index is 4.96. The lowest BCUT2D eigenvalue weighted by atomic mass is 10.3. The van der Waals surface area contributed by atoms with Crippen molar-refractivity contribution < 1.29 is 0 Å². The molecule has 0 amide bonds. The molecule has 0 saturated heterocycles. The molecule has 0 aliphatic carbocycles. The van der Waals surface area contributed by atoms with Gasteiger partial charge in [-0.15, -0.1) is 0 Å². The summed E-state index contributed by atoms with van der Waals surface area (Å²) in [6.45, 7) is 4.17. The fourth-order valence-electron chi connectivity index (χ4n) is 2.68. The van der Waals surface area contributed by atoms with E-state index in [9.17, 15) is 0 Å². The Morgan fingerprint density at radius 2 is 0.962 bits per heavy atom. The van der Waals surface area contributed by atoms with Gasteiger partial charge in [0.25, 0.3) is 0 Å². The molecule has 0 bridgehead atoms. The van der Waals surface area contributed by atoms with E-state index in [-0.39, 0.29) is 0 Å². The summed E-state index contributed by atoms with van der Waals surface area (Å²) >= 11 is 0. The highest BCUT2D eigenvalue weighted by molar-refractivity contribution is 7.51. The van der Waals surface area contributed by atoms with Crippen LogP contribution in [0.2, 0.25) is 0 Å². The van der Waals surface area contributed by atoms with Crippen molar-refractivity contribution in [3.63, 3.8) is 0 Å². The predicted octanol–water partition coefficient (Wildman–Crippen LogP) is 3.34. The summed E-state index contributed by atoms with van der Waals surface area (Å²) in [6.07, 6.45) is 0. The van der Waals surface area contributed by atoms with Crippen LogP contribution in [0.15, 0.2) is 21.7 Å². The first-order valence-electron chi connectivity index (χ1n) is 8.53. The lowest BCUT2D eigenvalue weighted by Crippen LogP contribution is -2.18. The molecule has 0 radical (unpaired) electrons. The van der Waals surface area contributed by atoms with Gasteiger partial charge >= 0.3 is 0 Å². The van der Waals surface area contributed by atoms with Crippen LogP contribution in [-0.2, 0) is 7.05 Å². The van der Waals surface area contributed by atoms with Crippen LogP contribution in [0.25, 0.3) is 0 Å². The Kier molecular flexibility index (Phi) is 9.01. The maximum absolute atomic E-state index is 4.96. The smallest absolute Gasteiger partial charge is 0.168 e. The van der Waals surface area contributed by atoms with Crippen molar-refractivity contribution in [2.45, 2.75) is 13.8 Å². The molecular weight excluding hydrogens is 364 g/mol. The van der Waals surface area contributed by atoms with Gasteiger partial charge in [0.2, 0.25) is 0 Å². The third kappa shape index (κ3) is 5.91. The van der Waals surface area contributed by atoms with Crippen molar-refractivity contribution in [1.82, 2.24) is 23.2 Å². The molecule has 9 heteroatoms. The molecule has 0 aliphatic heterocycles. The van der Waals surface area contributed by atoms with Crippen molar-refractivity contribution in [2.75, 3.05) is 56.4 Å². The molecule has 1 rings (SSSR count). The highest BCUT2D eigenvalue weighted by atomic mass is 31.2. The van der Waals surface area contributed by atoms with Crippen molar-refractivity contribution in [3.05, 3.63) is 23.5 Å². The molecule has 0 spiro atoms. The van der Waals surface area contributed by atoms with Gasteiger partial charge < -0.3 is 4.57 Å². The van der Waals surface area contributed by atoms with Gasteiger partial charge in [0.1, 0.15) is 0 Å². The molecular formula is C17H35N7P2. The Bertz CT molecular complexity index is 578. The topological polar surface area (TPSA) is 42.6 Å². The Balaban J connectivity index is 3.21. The van der Waals surface area contributed by atoms with E-state index >= 15 is 0 Å². The predicted molar refractivity (Wildman–Crippen MR) is 118 cm³/mol. The fourth-order valence-corrected chi connectivity index (χ4v) is 5.57. The van der Waals surface area contributed by atoms with Crippen LogP contribution in [0, 0.1) is 0 Å². The Morgan fingerprint density at radius 3 is 1.19 bits per heavy atom. The summed E-state index contributed by atoms with van der Waals surface area (Å²) in [5.74, 6) is 0. The molecule has 0 unspecified atom stereocenters. The van der Waals surface area contributed by atoms with Gasteiger partial charge in [0.15, 0.2) is 16.7 Å². The second-order valence-corrected chi connectivity index (χ2v) is 11.6. The van der Waals surface area contributed by atoms with Crippen LogP contribution in [0.1, 0.15) is 25.2 Å². The van der Waals surface area contributed by atoms with Crippen molar-refractivity contribution in [1.29, 1.82) is 0 Å². The summed E-state index contributed by atoms with van der Waals surface area (Å²) < 4.78 is 20.8. The number of hydrogen-bond donors (Lipinski definition) is 0. The summed E-state index contributed by atoms with van der Waals surface area (Å²) in [6, 6.07) is 4.28. The molecule has 0 N–H and O–H groups in total. The zero-order chi connectivity index (χ0) is 20.2. The fraction of sp³-hybridized carbons (Fsp3) is 0.647. The van der Waals surface area contributed by atoms with Crippen LogP contribution in [-0.4, -0.2) is 91.1 Å². The van der Waals surface area contributed by atoms with E-state index in [1.807, 2.05) is 0 Å². The van der Waals surface area contributed by atoms with E-state index in [0.29, 0.717) is 0 Å². The molecule has 7 nitrogen and oxygen atoms in total. The number of nitrogens with zero attached hydrogens (tertiary/aromatic N) is 7. The van der Waals surface area contributed by atoms with Crippen LogP contribution >= 0.6 is 16.7 Å². The van der Waals surface area contributed by atoms with E-state index in [1.54, 1.807) is 0 Å². The second-order valence-electron chi connectivity index (χ2n) is 6.96. The van der Waals surface area contributed by atoms with Crippen LogP contribution in [0.4, 0.5) is 0 Å². The van der Waals surface area contributed by atoms with Gasteiger partial charge in [-0.25, -0.2) is 9.53 Å². The first-order chi connectivity index (χ1) is 12.0. The minimum Gasteiger partial charge on any atom is -0.342 e. The lowest BCUT2D eigenvalue weighted by molar-refractivity contribution is 0.575. The molecule has 0 aliphatic rings. The lowest BCUT2D eigenvalue weighted by Gasteiger charge is -2.26. The zero-order valence-corrected chi connectivity index (χ0v) is 20.0. The minimum atomic E-state index is -0.690. The zero-order valence-electron chi connectivity index (χ0n) is 18.2. The Morgan fingerprint density at radius 1 is 0.692 bits per heavy atom. The van der Waals surface area contributed by atoms with E-state index in [4.69, 9.17) is 9.53 Å². The average molecular weight is 399 g/mol. The molecule has 0 saturated carbocycles. The summed E-state index contributed by atoms with van der Waals surface area (Å²) in [7, 11) is 17.3. The van der Waals surface area contributed by atoms with Gasteiger partial charge in [-0.2, -0.15) is 0 Å². The summed E-state index contributed by atoms with van der Waals surface area (Å²) in [4.78, 5) is 0. The standard InChI is InChI=1S/C17H35N7P2/c1-14(18-25(20(3)4)21(5)6)16-12-13-17(24(16)11)15(2)19-26(22(7)8)23(9)10/h12-13H,1-11H3/b18-14+,19-15+. The van der Waals surface area contributed by atoms with Gasteiger partial charge in [-0.1, -0.05) is 0 Å². The normalized spacial score (nSPS) is 14.2. The van der Waals surface area contributed by atoms with Gasteiger partial charge in [0, 0.05) is 7.05 Å². The van der Waals surface area contributed by atoms with Crippen molar-refractivity contribution >= 4 is 28.2 Å². The third-order valence-electron chi connectivity index (χ3n) is 3.77. The van der Waals surface area contributed by atoms with Crippen LogP contribution in [0.5, 0.6) is 0 Å². The number of hydrogen-bond acceptors (Lipinski definition) is 6. The molecule has 0 aromatic carbocycles. The van der Waals surface area contributed by atoms with Crippen molar-refractivity contribution in [2.24, 2.45) is 16.6 Å². The first-order valence-corrected chi connectivity index (χ1v) is 10.9. The maximum Gasteiger partial charge on any atom is 0.168 e. The Hall–Kier alpha value is -0.680. The Labute approximate surface area is 162 Å². The molecule has 0 atom stereocenters. The molecule has 1 aromatic heterocycles. The molecule has 1 aromatic rings. The molecule has 26 heavy (non-hydrogen) atoms. The first kappa shape index (κ1) is 23.4. The minimum absolute atomic E-state index is 0.690. The summed E-state index contributed by atoms with van der Waals surface area (Å²) in [5, 5.41) is 0. The number of rotatable bonds is 8. The monoisotopic (exact) mass is 399 g/mol. The SMILES string of the molecule is C/C(=N\P(N(C)C)N(C)C)c1ccc(/C(C)=N/P(N(C)C)N(C)C)n1C. The van der Waals surface area contributed by atoms with Crippen LogP contribution < -0.4 is 0 Å². The molecule has 1 heterocycles. The highest BCUT2D eigenvalue weighted by Gasteiger charge is 2.18. The number of aromatic nitrogens is 1. The van der Waals surface area contributed by atoms with E-state index < -0.39 is 16.7 Å². The average Bonchev–Trinajstić information content (AvgIpc) is 2.90. The second kappa shape index (κ2) is 10.0. The van der Waals surface area contributed by atoms with Gasteiger partial charge in [-0.05, 0) is 82.4 Å². The highest BCUT2D eigenvalue weighted by Crippen LogP contribution is 2.42. The van der Waals surface area contributed by atoms with E-state index in [0.717, 1.165) is 22.8 Å². The van der Waals surface area contributed by atoms with Gasteiger partial charge in [-0.3, -0.25) is 18.7 Å². The van der Waals surface area contributed by atoms with E-state index in [2.05, 4.69) is 113 Å². The largest absolute Gasteiger partial charge is 0.342 e. The van der Waals surface area contributed by atoms with Gasteiger partial charge in [0.05, 0.1) is 22.8 Å². The third-order valence-corrected chi connectivity index (χ3v) is 7.59. The van der Waals surface area contributed by atoms with Crippen molar-refractivity contribution in [3.8, 4) is 0 Å². The van der Waals surface area contributed by atoms with Crippen LogP contribution in [0.3, 0.4) is 0 Å². The quantitative estimate of drug-likeness (QED) is 0.497.